The van der Waals surface area contributed by atoms with Crippen LogP contribution in [0.1, 0.15) is 36.9 Å². The Labute approximate surface area is 148 Å². The van der Waals surface area contributed by atoms with E-state index in [1.807, 2.05) is 24.3 Å². The molecule has 3 N–H and O–H groups in total. The highest BCUT2D eigenvalue weighted by Gasteiger charge is 2.21. The van der Waals surface area contributed by atoms with Crippen molar-refractivity contribution in [2.24, 2.45) is 5.73 Å². The Morgan fingerprint density at radius 2 is 1.68 bits per heavy atom. The third-order valence-electron chi connectivity index (χ3n) is 4.18. The first-order valence-electron chi connectivity index (χ1n) is 8.11. The predicted molar refractivity (Wildman–Crippen MR) is 95.2 cm³/mol. The van der Waals surface area contributed by atoms with Gasteiger partial charge in [-0.05, 0) is 29.2 Å². The van der Waals surface area contributed by atoms with E-state index in [2.05, 4.69) is 18.6 Å². The van der Waals surface area contributed by atoms with E-state index in [0.29, 0.717) is 17.4 Å². The van der Waals surface area contributed by atoms with Crippen molar-refractivity contribution in [3.63, 3.8) is 0 Å². The molecule has 2 aromatic rings. The summed E-state index contributed by atoms with van der Waals surface area (Å²) in [5, 5.41) is 0. The van der Waals surface area contributed by atoms with Crippen molar-refractivity contribution in [2.75, 3.05) is 13.3 Å². The molecule has 0 aromatic heterocycles. The topological polar surface area (TPSA) is 90.7 Å². The molecule has 0 saturated heterocycles. The molecule has 1 unspecified atom stereocenters. The highest BCUT2D eigenvalue weighted by Crippen LogP contribution is 2.33. The van der Waals surface area contributed by atoms with Crippen LogP contribution in [0.3, 0.4) is 0 Å². The smallest absolute Gasteiger partial charge is 0.240 e. The summed E-state index contributed by atoms with van der Waals surface area (Å²) in [6.45, 7) is 4.45. The van der Waals surface area contributed by atoms with Crippen molar-refractivity contribution in [1.82, 2.24) is 4.72 Å². The highest BCUT2D eigenvalue weighted by atomic mass is 32.2. The number of hydrogen-bond acceptors (Lipinski definition) is 5. The molecule has 0 bridgehead atoms. The second-order valence-electron chi connectivity index (χ2n) is 6.29. The van der Waals surface area contributed by atoms with Crippen LogP contribution in [0, 0.1) is 0 Å². The number of hydrogen-bond donors (Lipinski definition) is 2. The summed E-state index contributed by atoms with van der Waals surface area (Å²) >= 11 is 0. The molecule has 2 aromatic carbocycles. The quantitative estimate of drug-likeness (QED) is 0.824. The van der Waals surface area contributed by atoms with Crippen LogP contribution in [0.4, 0.5) is 0 Å². The van der Waals surface area contributed by atoms with Gasteiger partial charge in [0.1, 0.15) is 0 Å². The van der Waals surface area contributed by atoms with Crippen LogP contribution in [0.25, 0.3) is 0 Å². The van der Waals surface area contributed by atoms with Crippen molar-refractivity contribution < 1.29 is 17.9 Å². The largest absolute Gasteiger partial charge is 0.454 e. The number of rotatable bonds is 6. The lowest BCUT2D eigenvalue weighted by molar-refractivity contribution is 0.174. The van der Waals surface area contributed by atoms with Crippen molar-refractivity contribution in [2.45, 2.75) is 30.7 Å². The molecular weight excluding hydrogens is 340 g/mol. The van der Waals surface area contributed by atoms with Gasteiger partial charge in [-0.3, -0.25) is 0 Å². The van der Waals surface area contributed by atoms with Crippen LogP contribution in [-0.2, 0) is 10.0 Å². The van der Waals surface area contributed by atoms with Crippen molar-refractivity contribution in [1.29, 1.82) is 0 Å². The lowest BCUT2D eigenvalue weighted by Crippen LogP contribution is -2.32. The number of ether oxygens (including phenoxy) is 2. The summed E-state index contributed by atoms with van der Waals surface area (Å²) in [6.07, 6.45) is 0. The highest BCUT2D eigenvalue weighted by molar-refractivity contribution is 7.89. The second kappa shape index (κ2) is 7.03. The van der Waals surface area contributed by atoms with Crippen molar-refractivity contribution in [3.8, 4) is 11.5 Å². The summed E-state index contributed by atoms with van der Waals surface area (Å²) in [7, 11) is -3.67. The summed E-state index contributed by atoms with van der Waals surface area (Å²) in [6, 6.07) is 12.0. The van der Waals surface area contributed by atoms with Gasteiger partial charge in [0.2, 0.25) is 16.8 Å². The Balaban J connectivity index is 1.67. The molecule has 0 amide bonds. The van der Waals surface area contributed by atoms with Gasteiger partial charge in [0, 0.05) is 18.7 Å². The third-order valence-corrected chi connectivity index (χ3v) is 5.60. The molecule has 0 aliphatic carbocycles. The molecule has 25 heavy (non-hydrogen) atoms. The van der Waals surface area contributed by atoms with Crippen LogP contribution in [0.2, 0.25) is 0 Å². The van der Waals surface area contributed by atoms with Crippen molar-refractivity contribution in [3.05, 3.63) is 53.6 Å². The zero-order chi connectivity index (χ0) is 18.0. The maximum atomic E-state index is 12.4. The Kier molecular flexibility index (Phi) is 4.99. The van der Waals surface area contributed by atoms with Gasteiger partial charge >= 0.3 is 0 Å². The molecule has 1 atom stereocenters. The van der Waals surface area contributed by atoms with E-state index in [0.717, 1.165) is 5.56 Å². The van der Waals surface area contributed by atoms with E-state index >= 15 is 0 Å². The number of sulfonamides is 1. The minimum Gasteiger partial charge on any atom is -0.454 e. The average molecular weight is 362 g/mol. The Bertz CT molecular complexity index is 848. The molecular formula is C18H22N2O4S. The first kappa shape index (κ1) is 17.7. The van der Waals surface area contributed by atoms with Gasteiger partial charge in [-0.1, -0.05) is 38.1 Å². The van der Waals surface area contributed by atoms with Crippen LogP contribution in [-0.4, -0.2) is 21.8 Å². The van der Waals surface area contributed by atoms with Crippen LogP contribution < -0.4 is 19.9 Å². The maximum Gasteiger partial charge on any atom is 0.240 e. The zero-order valence-corrected chi connectivity index (χ0v) is 15.0. The summed E-state index contributed by atoms with van der Waals surface area (Å²) in [5.41, 5.74) is 8.23. The third kappa shape index (κ3) is 3.95. The lowest BCUT2D eigenvalue weighted by atomic mass is 9.99. The van der Waals surface area contributed by atoms with Gasteiger partial charge in [-0.15, -0.1) is 0 Å². The number of benzene rings is 2. The first-order chi connectivity index (χ1) is 11.9. The standard InChI is InChI=1S/C18H22N2O4S/c1-12(2)13-3-5-14(6-4-13)16(19)10-20-25(21,22)15-7-8-17-18(9-15)24-11-23-17/h3-9,12,16,20H,10-11,19H2,1-2H3. The zero-order valence-electron chi connectivity index (χ0n) is 14.2. The van der Waals surface area contributed by atoms with E-state index in [4.69, 9.17) is 15.2 Å². The SMILES string of the molecule is CC(C)c1ccc(C(N)CNS(=O)(=O)c2ccc3c(c2)OCO3)cc1. The normalized spacial score (nSPS) is 14.7. The summed E-state index contributed by atoms with van der Waals surface area (Å²) in [5.74, 6) is 1.41. The van der Waals surface area contributed by atoms with E-state index < -0.39 is 16.1 Å². The number of nitrogens with two attached hydrogens (primary N) is 1. The van der Waals surface area contributed by atoms with Crippen molar-refractivity contribution >= 4 is 10.0 Å². The first-order valence-corrected chi connectivity index (χ1v) is 9.60. The van der Waals surface area contributed by atoms with Crippen LogP contribution in [0.15, 0.2) is 47.4 Å². The predicted octanol–water partition coefficient (Wildman–Crippen LogP) is 2.52. The fraction of sp³-hybridized carbons (Fsp3) is 0.333. The molecule has 7 heteroatoms. The van der Waals surface area contributed by atoms with E-state index in [1.54, 1.807) is 6.07 Å². The lowest BCUT2D eigenvalue weighted by Gasteiger charge is -2.15. The Hall–Kier alpha value is -2.09. The van der Waals surface area contributed by atoms with E-state index in [9.17, 15) is 8.42 Å². The molecule has 6 nitrogen and oxygen atoms in total. The van der Waals surface area contributed by atoms with Gasteiger partial charge in [-0.2, -0.15) is 0 Å². The van der Waals surface area contributed by atoms with Gasteiger partial charge in [0.05, 0.1) is 4.90 Å². The average Bonchev–Trinajstić information content (AvgIpc) is 3.07. The van der Waals surface area contributed by atoms with E-state index in [1.165, 1.54) is 17.7 Å². The molecule has 1 heterocycles. The van der Waals surface area contributed by atoms with Crippen LogP contribution >= 0.6 is 0 Å². The van der Waals surface area contributed by atoms with Gasteiger partial charge in [0.15, 0.2) is 11.5 Å². The summed E-state index contributed by atoms with van der Waals surface area (Å²) < 4.78 is 37.9. The molecule has 0 saturated carbocycles. The summed E-state index contributed by atoms with van der Waals surface area (Å²) in [4.78, 5) is 0.124. The van der Waals surface area contributed by atoms with Gasteiger partial charge in [0.25, 0.3) is 0 Å². The molecule has 3 rings (SSSR count). The van der Waals surface area contributed by atoms with E-state index in [-0.39, 0.29) is 18.2 Å². The molecule has 0 radical (unpaired) electrons. The molecule has 1 aliphatic heterocycles. The second-order valence-corrected chi connectivity index (χ2v) is 8.06. The molecule has 134 valence electrons. The Morgan fingerprint density at radius 3 is 2.36 bits per heavy atom. The maximum absolute atomic E-state index is 12.4. The molecule has 0 spiro atoms. The number of fused-ring (bicyclic) bond motifs is 1. The fourth-order valence-corrected chi connectivity index (χ4v) is 3.65. The monoisotopic (exact) mass is 362 g/mol. The number of nitrogens with one attached hydrogen (secondary N) is 1. The molecule has 0 fully saturated rings. The minimum atomic E-state index is -3.67. The minimum absolute atomic E-state index is 0.101. The van der Waals surface area contributed by atoms with Gasteiger partial charge in [-0.25, -0.2) is 13.1 Å². The Morgan fingerprint density at radius 1 is 1.04 bits per heavy atom. The fourth-order valence-electron chi connectivity index (χ4n) is 2.57. The van der Waals surface area contributed by atoms with Gasteiger partial charge < -0.3 is 15.2 Å². The molecule has 1 aliphatic rings. The van der Waals surface area contributed by atoms with Crippen LogP contribution in [0.5, 0.6) is 11.5 Å².